The molecule has 2 amide bonds. The molecule has 2 fully saturated rings. The molecule has 4 aliphatic rings. The van der Waals surface area contributed by atoms with Gasteiger partial charge in [-0.3, -0.25) is 9.59 Å². The minimum Gasteiger partial charge on any atom is -0.380 e. The standard InChI is InChI=1S/C25H25ClN2O3/c1-16-2-3-17-14-18(4-6-20(16)17)21-7-5-19(15-22(21)26)23(29)27-10-12-28(13-11-27)24(30)25(31)8-9-25/h2-7,15,31H,8-14H2,1H3. The van der Waals surface area contributed by atoms with Gasteiger partial charge < -0.3 is 14.9 Å². The number of hydrogen-bond donors (Lipinski definition) is 1. The molecule has 0 spiro atoms. The van der Waals surface area contributed by atoms with Crippen molar-refractivity contribution in [3.8, 4) is 0 Å². The third kappa shape index (κ3) is 3.66. The molecule has 1 saturated carbocycles. The summed E-state index contributed by atoms with van der Waals surface area (Å²) < 4.78 is 0. The van der Waals surface area contributed by atoms with Gasteiger partial charge in [-0.1, -0.05) is 42.0 Å². The quantitative estimate of drug-likeness (QED) is 0.785. The molecule has 6 heteroatoms. The Kier molecular flexibility index (Phi) is 4.91. The molecule has 0 atom stereocenters. The highest BCUT2D eigenvalue weighted by molar-refractivity contribution is 6.32. The van der Waals surface area contributed by atoms with Crippen LogP contribution in [0.15, 0.2) is 59.2 Å². The van der Waals surface area contributed by atoms with Gasteiger partial charge in [0.2, 0.25) is 0 Å². The number of rotatable bonds is 3. The van der Waals surface area contributed by atoms with Crippen LogP contribution in [0.4, 0.5) is 0 Å². The Hall–Kier alpha value is -2.63. The van der Waals surface area contributed by atoms with Crippen LogP contribution in [-0.2, 0) is 4.79 Å². The molecule has 0 bridgehead atoms. The van der Waals surface area contributed by atoms with E-state index in [1.807, 2.05) is 12.1 Å². The lowest BCUT2D eigenvalue weighted by Crippen LogP contribution is -2.53. The van der Waals surface area contributed by atoms with Crippen LogP contribution in [0.1, 0.15) is 42.1 Å². The maximum absolute atomic E-state index is 13.0. The first-order valence-corrected chi connectivity index (χ1v) is 11.1. The summed E-state index contributed by atoms with van der Waals surface area (Å²) in [5.74, 6) is -0.281. The average molecular weight is 437 g/mol. The number of hydrogen-bond acceptors (Lipinski definition) is 3. The van der Waals surface area contributed by atoms with E-state index in [9.17, 15) is 14.7 Å². The van der Waals surface area contributed by atoms with Crippen LogP contribution in [0, 0.1) is 0 Å². The van der Waals surface area contributed by atoms with Gasteiger partial charge in [-0.05, 0) is 66.2 Å². The second-order valence-corrected chi connectivity index (χ2v) is 9.21. The first-order valence-electron chi connectivity index (χ1n) is 10.8. The predicted molar refractivity (Wildman–Crippen MR) is 121 cm³/mol. The minimum atomic E-state index is -1.15. The average Bonchev–Trinajstić information content (AvgIpc) is 3.44. The zero-order valence-electron chi connectivity index (χ0n) is 17.5. The lowest BCUT2D eigenvalue weighted by atomic mass is 9.88. The Bertz CT molecular complexity index is 1100. The first-order chi connectivity index (χ1) is 14.9. The zero-order chi connectivity index (χ0) is 21.8. The van der Waals surface area contributed by atoms with Crippen molar-refractivity contribution in [1.29, 1.82) is 0 Å². The van der Waals surface area contributed by atoms with Crippen LogP contribution >= 0.6 is 11.6 Å². The third-order valence-corrected chi connectivity index (χ3v) is 6.99. The van der Waals surface area contributed by atoms with E-state index in [2.05, 4.69) is 31.2 Å². The van der Waals surface area contributed by atoms with Crippen molar-refractivity contribution >= 4 is 29.0 Å². The second kappa shape index (κ2) is 7.50. The Morgan fingerprint density at radius 1 is 0.968 bits per heavy atom. The number of aliphatic hydroxyl groups is 1. The molecule has 1 aromatic rings. The Morgan fingerprint density at radius 3 is 2.32 bits per heavy atom. The topological polar surface area (TPSA) is 60.9 Å². The van der Waals surface area contributed by atoms with Gasteiger partial charge in [0.1, 0.15) is 5.60 Å². The van der Waals surface area contributed by atoms with Gasteiger partial charge >= 0.3 is 0 Å². The van der Waals surface area contributed by atoms with Gasteiger partial charge in [-0.2, -0.15) is 0 Å². The predicted octanol–water partition coefficient (Wildman–Crippen LogP) is 3.75. The number of piperazine rings is 1. The fourth-order valence-corrected chi connectivity index (χ4v) is 4.82. The van der Waals surface area contributed by atoms with Gasteiger partial charge in [0.05, 0.1) is 0 Å². The Labute approximate surface area is 187 Å². The van der Waals surface area contributed by atoms with E-state index in [1.54, 1.807) is 15.9 Å². The molecule has 1 aromatic carbocycles. The number of carbonyl (C=O) groups excluding carboxylic acids is 2. The largest absolute Gasteiger partial charge is 0.380 e. The summed E-state index contributed by atoms with van der Waals surface area (Å²) in [7, 11) is 0. The summed E-state index contributed by atoms with van der Waals surface area (Å²) in [6.45, 7) is 3.93. The molecular formula is C25H25ClN2O3. The second-order valence-electron chi connectivity index (χ2n) is 8.80. The van der Waals surface area contributed by atoms with Crippen LogP contribution in [0.3, 0.4) is 0 Å². The van der Waals surface area contributed by atoms with Gasteiger partial charge in [-0.25, -0.2) is 0 Å². The van der Waals surface area contributed by atoms with Crippen molar-refractivity contribution in [2.24, 2.45) is 0 Å². The van der Waals surface area contributed by atoms with Crippen molar-refractivity contribution in [3.63, 3.8) is 0 Å². The molecule has 0 aromatic heterocycles. The summed E-state index contributed by atoms with van der Waals surface area (Å²) in [5, 5.41) is 10.6. The normalized spacial score (nSPS) is 21.6. The zero-order valence-corrected chi connectivity index (χ0v) is 18.3. The molecule has 1 saturated heterocycles. The van der Waals surface area contributed by atoms with Gasteiger partial charge in [-0.15, -0.1) is 0 Å². The number of halogens is 1. The molecule has 0 unspecified atom stereocenters. The molecule has 5 rings (SSSR count). The van der Waals surface area contributed by atoms with Crippen LogP contribution in [0.25, 0.3) is 5.57 Å². The number of nitrogens with zero attached hydrogens (tertiary/aromatic N) is 2. The van der Waals surface area contributed by atoms with Crippen molar-refractivity contribution in [2.75, 3.05) is 26.2 Å². The summed E-state index contributed by atoms with van der Waals surface area (Å²) in [5.41, 5.74) is 5.37. The van der Waals surface area contributed by atoms with Crippen molar-refractivity contribution in [1.82, 2.24) is 9.80 Å². The Morgan fingerprint density at radius 2 is 1.65 bits per heavy atom. The van der Waals surface area contributed by atoms with Crippen molar-refractivity contribution in [3.05, 3.63) is 75.4 Å². The van der Waals surface area contributed by atoms with Crippen LogP contribution in [0.2, 0.25) is 5.02 Å². The molecule has 1 aliphatic heterocycles. The summed E-state index contributed by atoms with van der Waals surface area (Å²) in [4.78, 5) is 28.7. The van der Waals surface area contributed by atoms with Crippen LogP contribution in [-0.4, -0.2) is 58.5 Å². The van der Waals surface area contributed by atoms with Crippen molar-refractivity contribution in [2.45, 2.75) is 31.8 Å². The summed E-state index contributed by atoms with van der Waals surface area (Å²) in [6.07, 6.45) is 10.5. The molecule has 1 N–H and O–H groups in total. The number of carbonyl (C=O) groups is 2. The van der Waals surface area contributed by atoms with Crippen molar-refractivity contribution < 1.29 is 14.7 Å². The highest BCUT2D eigenvalue weighted by Crippen LogP contribution is 2.39. The molecule has 31 heavy (non-hydrogen) atoms. The fourth-order valence-electron chi connectivity index (χ4n) is 4.51. The highest BCUT2D eigenvalue weighted by atomic mass is 35.5. The van der Waals surface area contributed by atoms with E-state index in [4.69, 9.17) is 11.6 Å². The van der Waals surface area contributed by atoms with E-state index in [0.29, 0.717) is 49.6 Å². The van der Waals surface area contributed by atoms with E-state index in [1.165, 1.54) is 16.7 Å². The number of amides is 2. The minimum absolute atomic E-state index is 0.0798. The smallest absolute Gasteiger partial charge is 0.254 e. The van der Waals surface area contributed by atoms with E-state index in [-0.39, 0.29) is 11.8 Å². The van der Waals surface area contributed by atoms with Gasteiger partial charge in [0.25, 0.3) is 11.8 Å². The fraction of sp³-hybridized carbons (Fsp3) is 0.360. The number of allylic oxidation sites excluding steroid dienone is 8. The monoisotopic (exact) mass is 436 g/mol. The Balaban J connectivity index is 1.26. The van der Waals surface area contributed by atoms with Gasteiger partial charge in [0, 0.05) is 36.8 Å². The summed E-state index contributed by atoms with van der Waals surface area (Å²) in [6, 6.07) is 5.51. The van der Waals surface area contributed by atoms with E-state index < -0.39 is 5.60 Å². The van der Waals surface area contributed by atoms with Crippen LogP contribution in [0.5, 0.6) is 0 Å². The SMILES string of the molecule is CC1=CC=C2CC(c3ccc(C(=O)N4CCN(C(=O)C5(O)CC5)CC4)cc3Cl)=CC=C12. The molecule has 0 radical (unpaired) electrons. The van der Waals surface area contributed by atoms with Gasteiger partial charge in [0.15, 0.2) is 0 Å². The maximum Gasteiger partial charge on any atom is 0.254 e. The first kappa shape index (κ1) is 20.3. The van der Waals surface area contributed by atoms with E-state index >= 15 is 0 Å². The molecule has 5 nitrogen and oxygen atoms in total. The lowest BCUT2D eigenvalue weighted by molar-refractivity contribution is -0.143. The molecular weight excluding hydrogens is 412 g/mol. The highest BCUT2D eigenvalue weighted by Gasteiger charge is 2.50. The summed E-state index contributed by atoms with van der Waals surface area (Å²) >= 11 is 6.59. The molecule has 160 valence electrons. The molecule has 3 aliphatic carbocycles. The van der Waals surface area contributed by atoms with E-state index in [0.717, 1.165) is 17.6 Å². The number of fused-ring (bicyclic) bond motifs is 1. The van der Waals surface area contributed by atoms with Crippen LogP contribution < -0.4 is 0 Å². The lowest BCUT2D eigenvalue weighted by Gasteiger charge is -2.35. The molecule has 1 heterocycles. The number of benzene rings is 1. The third-order valence-electron chi connectivity index (χ3n) is 6.68. The maximum atomic E-state index is 13.0.